The number of anilines is 1. The van der Waals surface area contributed by atoms with Crippen LogP contribution >= 0.6 is 0 Å². The maximum Gasteiger partial charge on any atom is 0.270 e. The lowest BCUT2D eigenvalue weighted by Gasteiger charge is -2.21. The molecule has 1 aliphatic rings. The zero-order chi connectivity index (χ0) is 21.5. The lowest BCUT2D eigenvalue weighted by Crippen LogP contribution is -2.27. The van der Waals surface area contributed by atoms with Crippen LogP contribution in [-0.4, -0.2) is 41.9 Å². The first-order valence-corrected chi connectivity index (χ1v) is 10.6. The molecule has 1 heterocycles. The fourth-order valence-electron chi connectivity index (χ4n) is 3.80. The number of nitrogens with zero attached hydrogens (tertiary/aromatic N) is 3. The van der Waals surface area contributed by atoms with Crippen LogP contribution in [0.3, 0.4) is 0 Å². The van der Waals surface area contributed by atoms with E-state index in [1.54, 1.807) is 6.07 Å². The van der Waals surface area contributed by atoms with Crippen LogP contribution in [0, 0.1) is 10.1 Å². The van der Waals surface area contributed by atoms with E-state index < -0.39 is 4.92 Å². The molecule has 2 aromatic carbocycles. The lowest BCUT2D eigenvalue weighted by molar-refractivity contribution is -0.384. The van der Waals surface area contributed by atoms with Gasteiger partial charge in [-0.05, 0) is 43.1 Å². The van der Waals surface area contributed by atoms with E-state index in [0.717, 1.165) is 56.8 Å². The molecular weight excluding hydrogens is 380 g/mol. The van der Waals surface area contributed by atoms with Crippen molar-refractivity contribution in [3.05, 3.63) is 69.3 Å². The minimum absolute atomic E-state index is 0.0659. The molecule has 1 aliphatic heterocycles. The van der Waals surface area contributed by atoms with Crippen LogP contribution in [0.25, 0.3) is 0 Å². The molecule has 0 unspecified atom stereocenters. The predicted molar refractivity (Wildman–Crippen MR) is 119 cm³/mol. The van der Waals surface area contributed by atoms with E-state index in [0.29, 0.717) is 12.1 Å². The number of nitrogens with one attached hydrogen (secondary N) is 1. The molecule has 1 amide bonds. The van der Waals surface area contributed by atoms with Crippen LogP contribution in [0.2, 0.25) is 0 Å². The quantitative estimate of drug-likeness (QED) is 0.500. The number of hydrogen-bond donors (Lipinski definition) is 1. The minimum atomic E-state index is -0.459. The van der Waals surface area contributed by atoms with E-state index in [1.807, 2.05) is 12.1 Å². The molecule has 3 rings (SSSR count). The van der Waals surface area contributed by atoms with Crippen molar-refractivity contribution in [2.45, 2.75) is 39.8 Å². The smallest absolute Gasteiger partial charge is 0.270 e. The number of rotatable bonds is 9. The first kappa shape index (κ1) is 21.8. The van der Waals surface area contributed by atoms with Crippen LogP contribution in [0.4, 0.5) is 11.4 Å². The minimum Gasteiger partial charge on any atom is -0.371 e. The average Bonchev–Trinajstić information content (AvgIpc) is 3.31. The van der Waals surface area contributed by atoms with E-state index in [2.05, 4.69) is 41.1 Å². The Kier molecular flexibility index (Phi) is 7.41. The van der Waals surface area contributed by atoms with Crippen molar-refractivity contribution in [2.75, 3.05) is 31.1 Å². The highest BCUT2D eigenvalue weighted by Crippen LogP contribution is 2.28. The van der Waals surface area contributed by atoms with E-state index >= 15 is 0 Å². The van der Waals surface area contributed by atoms with E-state index in [9.17, 15) is 14.9 Å². The van der Waals surface area contributed by atoms with Gasteiger partial charge in [0.05, 0.1) is 16.2 Å². The SMILES string of the molecule is CCN(CC)Cc1ccc(CNC(=O)c2cc([N+](=O)[O-])ccc2N2CCCC2)cc1. The molecule has 0 bridgehead atoms. The number of non-ortho nitro benzene ring substituents is 1. The molecule has 1 N–H and O–H groups in total. The number of nitro groups is 1. The Morgan fingerprint density at radius 3 is 2.30 bits per heavy atom. The topological polar surface area (TPSA) is 78.7 Å². The third-order valence-corrected chi connectivity index (χ3v) is 5.66. The van der Waals surface area contributed by atoms with Crippen LogP contribution < -0.4 is 10.2 Å². The highest BCUT2D eigenvalue weighted by Gasteiger charge is 2.22. The standard InChI is InChI=1S/C23H30N4O3/c1-3-25(4-2)17-19-9-7-18(8-10-19)16-24-23(28)21-15-20(27(29)30)11-12-22(21)26-13-5-6-14-26/h7-12,15H,3-6,13-14,16-17H2,1-2H3,(H,24,28). The third kappa shape index (κ3) is 5.36. The van der Waals surface area contributed by atoms with Gasteiger partial charge in [0.2, 0.25) is 0 Å². The Hall–Kier alpha value is -2.93. The van der Waals surface area contributed by atoms with Crippen LogP contribution in [-0.2, 0) is 13.1 Å². The van der Waals surface area contributed by atoms with Crippen molar-refractivity contribution in [1.29, 1.82) is 0 Å². The maximum atomic E-state index is 12.9. The van der Waals surface area contributed by atoms with Gasteiger partial charge >= 0.3 is 0 Å². The second kappa shape index (κ2) is 10.2. The number of hydrogen-bond acceptors (Lipinski definition) is 5. The van der Waals surface area contributed by atoms with Gasteiger partial charge in [-0.1, -0.05) is 38.1 Å². The summed E-state index contributed by atoms with van der Waals surface area (Å²) >= 11 is 0. The Morgan fingerprint density at radius 2 is 1.70 bits per heavy atom. The monoisotopic (exact) mass is 410 g/mol. The zero-order valence-electron chi connectivity index (χ0n) is 17.8. The molecule has 2 aromatic rings. The van der Waals surface area contributed by atoms with Crippen LogP contribution in [0.15, 0.2) is 42.5 Å². The van der Waals surface area contributed by atoms with E-state index in [-0.39, 0.29) is 11.6 Å². The normalized spacial score (nSPS) is 13.6. The lowest BCUT2D eigenvalue weighted by atomic mass is 10.1. The van der Waals surface area contributed by atoms with E-state index in [1.165, 1.54) is 17.7 Å². The summed E-state index contributed by atoms with van der Waals surface area (Å²) in [5, 5.41) is 14.1. The summed E-state index contributed by atoms with van der Waals surface area (Å²) in [5.41, 5.74) is 3.31. The number of amides is 1. The second-order valence-electron chi connectivity index (χ2n) is 7.61. The molecule has 0 saturated carbocycles. The maximum absolute atomic E-state index is 12.9. The molecule has 0 spiro atoms. The van der Waals surface area contributed by atoms with Gasteiger partial charge in [0.1, 0.15) is 0 Å². The van der Waals surface area contributed by atoms with E-state index in [4.69, 9.17) is 0 Å². The fraction of sp³-hybridized carbons (Fsp3) is 0.435. The predicted octanol–water partition coefficient (Wildman–Crippen LogP) is 3.97. The van der Waals surface area contributed by atoms with Gasteiger partial charge in [-0.25, -0.2) is 0 Å². The van der Waals surface area contributed by atoms with Gasteiger partial charge < -0.3 is 10.2 Å². The summed E-state index contributed by atoms with van der Waals surface area (Å²) in [6, 6.07) is 12.8. The highest BCUT2D eigenvalue weighted by atomic mass is 16.6. The van der Waals surface area contributed by atoms with Gasteiger partial charge in [0.15, 0.2) is 0 Å². The average molecular weight is 411 g/mol. The summed E-state index contributed by atoms with van der Waals surface area (Å²) in [6.07, 6.45) is 2.13. The van der Waals surface area contributed by atoms with Crippen molar-refractivity contribution < 1.29 is 9.72 Å². The first-order chi connectivity index (χ1) is 14.5. The van der Waals surface area contributed by atoms with Crippen molar-refractivity contribution in [1.82, 2.24) is 10.2 Å². The zero-order valence-corrected chi connectivity index (χ0v) is 17.8. The molecule has 1 saturated heterocycles. The van der Waals surface area contributed by atoms with Gasteiger partial charge in [-0.2, -0.15) is 0 Å². The number of carbonyl (C=O) groups is 1. The molecule has 0 aliphatic carbocycles. The number of nitro benzene ring substituents is 1. The van der Waals surface area contributed by atoms with Gasteiger partial charge in [-0.15, -0.1) is 0 Å². The Morgan fingerprint density at radius 1 is 1.07 bits per heavy atom. The summed E-state index contributed by atoms with van der Waals surface area (Å²) in [6.45, 7) is 9.35. The van der Waals surface area contributed by atoms with Gasteiger partial charge in [0, 0.05) is 38.3 Å². The highest BCUT2D eigenvalue weighted by molar-refractivity contribution is 6.00. The van der Waals surface area contributed by atoms with Crippen LogP contribution in [0.1, 0.15) is 48.2 Å². The Balaban J connectivity index is 1.69. The van der Waals surface area contributed by atoms with Crippen molar-refractivity contribution in [3.8, 4) is 0 Å². The molecule has 0 aromatic heterocycles. The Labute approximate surface area is 177 Å². The number of benzene rings is 2. The van der Waals surface area contributed by atoms with Gasteiger partial charge in [0.25, 0.3) is 11.6 Å². The van der Waals surface area contributed by atoms with Crippen LogP contribution in [0.5, 0.6) is 0 Å². The van der Waals surface area contributed by atoms with Gasteiger partial charge in [-0.3, -0.25) is 19.8 Å². The first-order valence-electron chi connectivity index (χ1n) is 10.6. The summed E-state index contributed by atoms with van der Waals surface area (Å²) < 4.78 is 0. The fourth-order valence-corrected chi connectivity index (χ4v) is 3.80. The molecule has 7 heteroatoms. The number of carbonyl (C=O) groups excluding carboxylic acids is 1. The molecule has 30 heavy (non-hydrogen) atoms. The summed E-state index contributed by atoms with van der Waals surface area (Å²) in [5.74, 6) is -0.284. The summed E-state index contributed by atoms with van der Waals surface area (Å²) in [7, 11) is 0. The Bertz CT molecular complexity index is 873. The van der Waals surface area contributed by atoms with Crippen molar-refractivity contribution >= 4 is 17.3 Å². The third-order valence-electron chi connectivity index (χ3n) is 5.66. The van der Waals surface area contributed by atoms with Crippen molar-refractivity contribution in [2.24, 2.45) is 0 Å². The molecule has 1 fully saturated rings. The summed E-state index contributed by atoms with van der Waals surface area (Å²) in [4.78, 5) is 28.1. The van der Waals surface area contributed by atoms with Crippen molar-refractivity contribution in [3.63, 3.8) is 0 Å². The molecule has 160 valence electrons. The largest absolute Gasteiger partial charge is 0.371 e. The molecule has 7 nitrogen and oxygen atoms in total. The molecule has 0 radical (unpaired) electrons. The molecular formula is C23H30N4O3. The second-order valence-corrected chi connectivity index (χ2v) is 7.61. The molecule has 0 atom stereocenters.